The van der Waals surface area contributed by atoms with Gasteiger partial charge in [0.05, 0.1) is 23.9 Å². The van der Waals surface area contributed by atoms with Crippen LogP contribution < -0.4 is 0 Å². The lowest BCUT2D eigenvalue weighted by molar-refractivity contribution is -0.138. The second kappa shape index (κ2) is 8.28. The highest BCUT2D eigenvalue weighted by Crippen LogP contribution is 2.28. The summed E-state index contributed by atoms with van der Waals surface area (Å²) in [5.74, 6) is -0.852. The maximum Gasteiger partial charge on any atom is 0.339 e. The number of rotatable bonds is 6. The van der Waals surface area contributed by atoms with E-state index in [-0.39, 0.29) is 55.1 Å². The SMILES string of the molecule is O=C(OCCN1C(=O)CCC1=O)c1ccccc1-c1ncc(-c2ccc(F)cc2)o1. The number of hydrogen-bond donors (Lipinski definition) is 0. The van der Waals surface area contributed by atoms with Gasteiger partial charge < -0.3 is 9.15 Å². The number of imide groups is 1. The minimum absolute atomic E-state index is 0.0271. The fourth-order valence-electron chi connectivity index (χ4n) is 3.17. The third kappa shape index (κ3) is 3.98. The summed E-state index contributed by atoms with van der Waals surface area (Å²) in [7, 11) is 0. The number of hydrogen-bond acceptors (Lipinski definition) is 6. The van der Waals surface area contributed by atoms with E-state index in [4.69, 9.17) is 9.15 Å². The summed E-state index contributed by atoms with van der Waals surface area (Å²) >= 11 is 0. The van der Waals surface area contributed by atoms with Crippen LogP contribution in [0, 0.1) is 5.82 Å². The smallest absolute Gasteiger partial charge is 0.339 e. The Morgan fingerprint density at radius 2 is 1.77 bits per heavy atom. The maximum atomic E-state index is 13.1. The molecule has 2 heterocycles. The van der Waals surface area contributed by atoms with Crippen LogP contribution in [0.5, 0.6) is 0 Å². The van der Waals surface area contributed by atoms with Crippen LogP contribution in [-0.4, -0.2) is 40.8 Å². The minimum Gasteiger partial charge on any atom is -0.460 e. The highest BCUT2D eigenvalue weighted by molar-refractivity contribution is 6.02. The third-order valence-electron chi connectivity index (χ3n) is 4.71. The molecule has 0 N–H and O–H groups in total. The first-order valence-electron chi connectivity index (χ1n) is 9.34. The monoisotopic (exact) mass is 408 g/mol. The van der Waals surface area contributed by atoms with Gasteiger partial charge in [0.1, 0.15) is 12.4 Å². The molecule has 1 aliphatic heterocycles. The lowest BCUT2D eigenvalue weighted by Gasteiger charge is -2.14. The zero-order valence-corrected chi connectivity index (χ0v) is 15.8. The van der Waals surface area contributed by atoms with Crippen molar-refractivity contribution in [1.82, 2.24) is 9.88 Å². The van der Waals surface area contributed by atoms with Gasteiger partial charge >= 0.3 is 5.97 Å². The number of nitrogens with zero attached hydrogens (tertiary/aromatic N) is 2. The second-order valence-corrected chi connectivity index (χ2v) is 6.66. The molecule has 30 heavy (non-hydrogen) atoms. The molecule has 0 aliphatic carbocycles. The molecule has 2 amide bonds. The van der Waals surface area contributed by atoms with Crippen molar-refractivity contribution in [3.05, 3.63) is 66.1 Å². The molecule has 0 unspecified atom stereocenters. The van der Waals surface area contributed by atoms with Crippen LogP contribution in [-0.2, 0) is 14.3 Å². The number of likely N-dealkylation sites (tertiary alicyclic amines) is 1. The largest absolute Gasteiger partial charge is 0.460 e. The fraction of sp³-hybridized carbons (Fsp3) is 0.182. The normalized spacial score (nSPS) is 13.7. The number of ether oxygens (including phenoxy) is 1. The van der Waals surface area contributed by atoms with E-state index in [1.165, 1.54) is 18.3 Å². The molecule has 0 saturated carbocycles. The van der Waals surface area contributed by atoms with Gasteiger partial charge in [0.15, 0.2) is 5.76 Å². The van der Waals surface area contributed by atoms with Gasteiger partial charge in [-0.15, -0.1) is 0 Å². The molecular formula is C22H17FN2O5. The van der Waals surface area contributed by atoms with Crippen molar-refractivity contribution in [3.63, 3.8) is 0 Å². The van der Waals surface area contributed by atoms with Gasteiger partial charge in [-0.1, -0.05) is 12.1 Å². The quantitative estimate of drug-likeness (QED) is 0.458. The van der Waals surface area contributed by atoms with E-state index in [2.05, 4.69) is 4.98 Å². The number of oxazole rings is 1. The van der Waals surface area contributed by atoms with Crippen LogP contribution in [0.25, 0.3) is 22.8 Å². The van der Waals surface area contributed by atoms with Gasteiger partial charge in [-0.05, 0) is 36.4 Å². The Bertz CT molecular complexity index is 1090. The number of esters is 1. The molecule has 3 aromatic rings. The van der Waals surface area contributed by atoms with Crippen molar-refractivity contribution in [2.45, 2.75) is 12.8 Å². The number of amides is 2. The number of benzene rings is 2. The molecule has 8 heteroatoms. The Morgan fingerprint density at radius 1 is 1.07 bits per heavy atom. The fourth-order valence-corrected chi connectivity index (χ4v) is 3.17. The van der Waals surface area contributed by atoms with E-state index >= 15 is 0 Å². The molecule has 2 aromatic carbocycles. The standard InChI is InChI=1S/C22H17FN2O5/c23-15-7-5-14(6-8-15)18-13-24-21(30-18)16-3-1-2-4-17(16)22(28)29-12-11-25-19(26)9-10-20(25)27/h1-8,13H,9-12H2. The topological polar surface area (TPSA) is 89.7 Å². The first-order chi connectivity index (χ1) is 14.5. The summed E-state index contributed by atoms with van der Waals surface area (Å²) in [6.07, 6.45) is 1.88. The van der Waals surface area contributed by atoms with E-state index in [0.29, 0.717) is 16.9 Å². The summed E-state index contributed by atoms with van der Waals surface area (Å²) in [6.45, 7) is -0.0731. The molecular weight excluding hydrogens is 391 g/mol. The zero-order valence-electron chi connectivity index (χ0n) is 15.8. The van der Waals surface area contributed by atoms with Crippen molar-refractivity contribution < 1.29 is 27.9 Å². The zero-order chi connectivity index (χ0) is 21.1. The predicted molar refractivity (Wildman–Crippen MR) is 104 cm³/mol. The van der Waals surface area contributed by atoms with E-state index in [1.54, 1.807) is 36.4 Å². The molecule has 1 aromatic heterocycles. The summed E-state index contributed by atoms with van der Waals surface area (Å²) in [6, 6.07) is 12.4. The van der Waals surface area contributed by atoms with Crippen LogP contribution in [0.1, 0.15) is 23.2 Å². The highest BCUT2D eigenvalue weighted by Gasteiger charge is 2.28. The van der Waals surface area contributed by atoms with E-state index in [0.717, 1.165) is 4.90 Å². The molecule has 0 bridgehead atoms. The molecule has 0 radical (unpaired) electrons. The Hall–Kier alpha value is -3.81. The Labute approximate surface area is 171 Å². The summed E-state index contributed by atoms with van der Waals surface area (Å²) < 4.78 is 24.1. The Morgan fingerprint density at radius 3 is 2.50 bits per heavy atom. The van der Waals surface area contributed by atoms with Gasteiger partial charge in [0, 0.05) is 18.4 Å². The molecule has 4 rings (SSSR count). The van der Waals surface area contributed by atoms with Crippen LogP contribution in [0.2, 0.25) is 0 Å². The molecule has 0 atom stereocenters. The number of carbonyl (C=O) groups is 3. The number of halogens is 1. The second-order valence-electron chi connectivity index (χ2n) is 6.66. The molecule has 1 aliphatic rings. The van der Waals surface area contributed by atoms with Crippen LogP contribution in [0.15, 0.2) is 59.1 Å². The predicted octanol–water partition coefficient (Wildman–Crippen LogP) is 3.45. The Balaban J connectivity index is 1.48. The van der Waals surface area contributed by atoms with Gasteiger partial charge in [-0.25, -0.2) is 14.2 Å². The summed E-state index contributed by atoms with van der Waals surface area (Å²) in [4.78, 5) is 41.2. The molecule has 1 fully saturated rings. The average Bonchev–Trinajstić information content (AvgIpc) is 3.36. The first-order valence-corrected chi connectivity index (χ1v) is 9.34. The Kier molecular flexibility index (Phi) is 5.38. The van der Waals surface area contributed by atoms with Crippen molar-refractivity contribution >= 4 is 17.8 Å². The van der Waals surface area contributed by atoms with Crippen LogP contribution in [0.4, 0.5) is 4.39 Å². The van der Waals surface area contributed by atoms with E-state index in [1.807, 2.05) is 0 Å². The average molecular weight is 408 g/mol. The summed E-state index contributed by atoms with van der Waals surface area (Å²) in [5, 5.41) is 0. The number of aromatic nitrogens is 1. The van der Waals surface area contributed by atoms with Gasteiger partial charge in [-0.3, -0.25) is 14.5 Å². The first kappa shape index (κ1) is 19.5. The van der Waals surface area contributed by atoms with Gasteiger partial charge in [0.2, 0.25) is 17.7 Å². The van der Waals surface area contributed by atoms with Crippen LogP contribution >= 0.6 is 0 Å². The van der Waals surface area contributed by atoms with Gasteiger partial charge in [-0.2, -0.15) is 0 Å². The molecule has 7 nitrogen and oxygen atoms in total. The van der Waals surface area contributed by atoms with Crippen molar-refractivity contribution in [3.8, 4) is 22.8 Å². The lowest BCUT2D eigenvalue weighted by Crippen LogP contribution is -2.32. The molecule has 0 spiro atoms. The number of carbonyl (C=O) groups excluding carboxylic acids is 3. The minimum atomic E-state index is -0.619. The van der Waals surface area contributed by atoms with Crippen LogP contribution in [0.3, 0.4) is 0 Å². The molecule has 1 saturated heterocycles. The lowest BCUT2D eigenvalue weighted by atomic mass is 10.1. The highest BCUT2D eigenvalue weighted by atomic mass is 19.1. The van der Waals surface area contributed by atoms with Crippen molar-refractivity contribution in [2.75, 3.05) is 13.2 Å². The maximum absolute atomic E-state index is 13.1. The third-order valence-corrected chi connectivity index (χ3v) is 4.71. The van der Waals surface area contributed by atoms with Gasteiger partial charge in [0.25, 0.3) is 0 Å². The van der Waals surface area contributed by atoms with Crippen molar-refractivity contribution in [1.29, 1.82) is 0 Å². The van der Waals surface area contributed by atoms with E-state index in [9.17, 15) is 18.8 Å². The van der Waals surface area contributed by atoms with Crippen molar-refractivity contribution in [2.24, 2.45) is 0 Å². The summed E-state index contributed by atoms with van der Waals surface area (Å²) in [5.41, 5.74) is 1.32. The van der Waals surface area contributed by atoms with E-state index < -0.39 is 5.97 Å². The molecule has 152 valence electrons.